The molecule has 0 aliphatic rings. The highest BCUT2D eigenvalue weighted by Crippen LogP contribution is 2.25. The number of hydrogen-bond acceptors (Lipinski definition) is 5. The van der Waals surface area contributed by atoms with Crippen LogP contribution in [-0.4, -0.2) is 46.3 Å². The Morgan fingerprint density at radius 3 is 2.62 bits per heavy atom. The molecule has 2 aromatic heterocycles. The van der Waals surface area contributed by atoms with Gasteiger partial charge in [0.15, 0.2) is 0 Å². The molecule has 34 heavy (non-hydrogen) atoms. The van der Waals surface area contributed by atoms with Gasteiger partial charge in [-0.05, 0) is 48.9 Å². The lowest BCUT2D eigenvalue weighted by atomic mass is 10.1. The normalized spacial score (nSPS) is 12.0. The van der Waals surface area contributed by atoms with Crippen LogP contribution in [0.25, 0.3) is 21.9 Å². The molecule has 178 valence electrons. The summed E-state index contributed by atoms with van der Waals surface area (Å²) >= 11 is 0. The van der Waals surface area contributed by atoms with Crippen molar-refractivity contribution in [2.75, 3.05) is 18.4 Å². The van der Waals surface area contributed by atoms with Crippen LogP contribution in [0.1, 0.15) is 31.7 Å². The van der Waals surface area contributed by atoms with E-state index in [-0.39, 0.29) is 17.2 Å². The number of fused-ring (bicyclic) bond motifs is 2. The summed E-state index contributed by atoms with van der Waals surface area (Å²) in [4.78, 5) is 22.0. The number of pyridine rings is 1. The minimum atomic E-state index is -3.56. The number of sulfonamides is 1. The first kappa shape index (κ1) is 23.8. The number of aromatic nitrogens is 3. The maximum atomic E-state index is 12.9. The van der Waals surface area contributed by atoms with Gasteiger partial charge in [0.2, 0.25) is 15.9 Å². The van der Waals surface area contributed by atoms with Gasteiger partial charge in [-0.15, -0.1) is 0 Å². The fourth-order valence-electron chi connectivity index (χ4n) is 4.19. The molecule has 0 unspecified atom stereocenters. The number of imidazole rings is 1. The van der Waals surface area contributed by atoms with Crippen molar-refractivity contribution in [1.82, 2.24) is 18.8 Å². The topological polar surface area (TPSA) is 97.2 Å². The molecule has 0 saturated carbocycles. The molecule has 1 N–H and O–H groups in total. The minimum Gasteiger partial charge on any atom is -0.331 e. The van der Waals surface area contributed by atoms with E-state index in [1.165, 1.54) is 4.31 Å². The summed E-state index contributed by atoms with van der Waals surface area (Å²) < 4.78 is 29.1. The Hall–Kier alpha value is -3.30. The first-order valence-electron chi connectivity index (χ1n) is 11.4. The van der Waals surface area contributed by atoms with Gasteiger partial charge in [0.05, 0.1) is 27.1 Å². The smallest absolute Gasteiger partial charge is 0.243 e. The zero-order chi connectivity index (χ0) is 24.5. The molecule has 1 amide bonds. The molecule has 9 heteroatoms. The lowest BCUT2D eigenvalue weighted by Crippen LogP contribution is -2.30. The molecule has 0 saturated heterocycles. The van der Waals surface area contributed by atoms with Gasteiger partial charge in [0, 0.05) is 44.6 Å². The number of carbonyl (C=O) groups is 1. The highest BCUT2D eigenvalue weighted by molar-refractivity contribution is 7.89. The van der Waals surface area contributed by atoms with Gasteiger partial charge in [-0.2, -0.15) is 4.31 Å². The molecule has 0 aliphatic carbocycles. The van der Waals surface area contributed by atoms with Crippen molar-refractivity contribution >= 4 is 43.6 Å². The predicted molar refractivity (Wildman–Crippen MR) is 134 cm³/mol. The van der Waals surface area contributed by atoms with E-state index >= 15 is 0 Å². The van der Waals surface area contributed by atoms with Crippen LogP contribution < -0.4 is 5.32 Å². The van der Waals surface area contributed by atoms with Crippen molar-refractivity contribution in [3.63, 3.8) is 0 Å². The average molecular weight is 480 g/mol. The van der Waals surface area contributed by atoms with Gasteiger partial charge in [0.1, 0.15) is 5.82 Å². The number of carbonyl (C=O) groups excluding carboxylic acids is 1. The molecule has 0 bridgehead atoms. The second-order valence-electron chi connectivity index (χ2n) is 8.20. The molecular formula is C25H29N5O3S. The lowest BCUT2D eigenvalue weighted by Gasteiger charge is -2.18. The number of rotatable bonds is 8. The number of benzene rings is 2. The van der Waals surface area contributed by atoms with Crippen LogP contribution in [0.5, 0.6) is 0 Å². The van der Waals surface area contributed by atoms with Crippen LogP contribution >= 0.6 is 0 Å². The van der Waals surface area contributed by atoms with Crippen molar-refractivity contribution < 1.29 is 13.2 Å². The second kappa shape index (κ2) is 9.52. The Labute approximate surface area is 199 Å². The van der Waals surface area contributed by atoms with Crippen molar-refractivity contribution in [2.24, 2.45) is 7.05 Å². The molecular weight excluding hydrogens is 450 g/mol. The molecule has 0 aliphatic heterocycles. The average Bonchev–Trinajstić information content (AvgIpc) is 3.15. The molecule has 0 spiro atoms. The largest absolute Gasteiger partial charge is 0.331 e. The van der Waals surface area contributed by atoms with Crippen LogP contribution in [0.4, 0.5) is 5.69 Å². The van der Waals surface area contributed by atoms with Crippen LogP contribution in [0.2, 0.25) is 0 Å². The van der Waals surface area contributed by atoms with Gasteiger partial charge < -0.3 is 9.88 Å². The highest BCUT2D eigenvalue weighted by Gasteiger charge is 2.23. The van der Waals surface area contributed by atoms with E-state index in [4.69, 9.17) is 0 Å². The summed E-state index contributed by atoms with van der Waals surface area (Å²) in [5.41, 5.74) is 4.07. The number of nitrogens with zero attached hydrogens (tertiary/aromatic N) is 4. The summed E-state index contributed by atoms with van der Waals surface area (Å²) in [5, 5.41) is 3.89. The van der Waals surface area contributed by atoms with E-state index in [9.17, 15) is 13.2 Å². The molecule has 8 nitrogen and oxygen atoms in total. The Kier molecular flexibility index (Phi) is 6.67. The van der Waals surface area contributed by atoms with Crippen LogP contribution in [0, 0.1) is 6.92 Å². The summed E-state index contributed by atoms with van der Waals surface area (Å²) in [6.45, 7) is 6.45. The molecule has 0 radical (unpaired) electrons. The van der Waals surface area contributed by atoms with E-state index in [2.05, 4.69) is 15.3 Å². The fourth-order valence-corrected chi connectivity index (χ4v) is 5.67. The van der Waals surface area contributed by atoms with E-state index in [1.807, 2.05) is 56.7 Å². The lowest BCUT2D eigenvalue weighted by molar-refractivity contribution is -0.116. The standard InChI is InChI=1S/C25H29N5O3S/c1-5-30(6-2)34(32,33)18-10-12-22-21(16-18)27-23(29(22)4)13-14-24(31)28-20-11-9-17(3)25-19(20)8-7-15-26-25/h7-12,15-16H,5-6,13-14H2,1-4H3,(H,28,31). The van der Waals surface area contributed by atoms with E-state index in [0.29, 0.717) is 25.0 Å². The maximum absolute atomic E-state index is 12.9. The Morgan fingerprint density at radius 2 is 1.88 bits per heavy atom. The van der Waals surface area contributed by atoms with E-state index in [0.717, 1.165) is 33.5 Å². The molecule has 2 heterocycles. The van der Waals surface area contributed by atoms with Gasteiger partial charge in [-0.3, -0.25) is 9.78 Å². The zero-order valence-electron chi connectivity index (χ0n) is 19.9. The first-order valence-corrected chi connectivity index (χ1v) is 12.8. The number of anilines is 1. The summed E-state index contributed by atoms with van der Waals surface area (Å²) in [6.07, 6.45) is 2.42. The maximum Gasteiger partial charge on any atom is 0.243 e. The van der Waals surface area contributed by atoms with Crippen LogP contribution in [0.15, 0.2) is 53.6 Å². The van der Waals surface area contributed by atoms with Crippen molar-refractivity contribution in [3.8, 4) is 0 Å². The third-order valence-electron chi connectivity index (χ3n) is 6.11. The van der Waals surface area contributed by atoms with E-state index < -0.39 is 10.0 Å². The quantitative estimate of drug-likeness (QED) is 0.412. The van der Waals surface area contributed by atoms with Gasteiger partial charge >= 0.3 is 0 Å². The predicted octanol–water partition coefficient (Wildman–Crippen LogP) is 4.03. The second-order valence-corrected chi connectivity index (χ2v) is 10.1. The Morgan fingerprint density at radius 1 is 1.12 bits per heavy atom. The number of amides is 1. The summed E-state index contributed by atoms with van der Waals surface area (Å²) in [5.74, 6) is 0.601. The van der Waals surface area contributed by atoms with Crippen molar-refractivity contribution in [3.05, 3.63) is 60.0 Å². The Bertz CT molecular complexity index is 1470. The number of aryl methyl sites for hydroxylation is 3. The van der Waals surface area contributed by atoms with Crippen molar-refractivity contribution in [2.45, 2.75) is 38.5 Å². The van der Waals surface area contributed by atoms with Crippen LogP contribution in [0.3, 0.4) is 0 Å². The zero-order valence-corrected chi connectivity index (χ0v) is 20.7. The number of nitrogens with one attached hydrogen (secondary N) is 1. The minimum absolute atomic E-state index is 0.120. The molecule has 2 aromatic carbocycles. The van der Waals surface area contributed by atoms with Crippen LogP contribution in [-0.2, 0) is 28.3 Å². The summed E-state index contributed by atoms with van der Waals surface area (Å²) in [7, 11) is -1.69. The van der Waals surface area contributed by atoms with Gasteiger partial charge in [-0.1, -0.05) is 19.9 Å². The van der Waals surface area contributed by atoms with Gasteiger partial charge in [0.25, 0.3) is 0 Å². The first-order chi connectivity index (χ1) is 16.3. The van der Waals surface area contributed by atoms with Crippen molar-refractivity contribution in [1.29, 1.82) is 0 Å². The Balaban J connectivity index is 1.52. The number of hydrogen-bond donors (Lipinski definition) is 1. The monoisotopic (exact) mass is 479 g/mol. The third-order valence-corrected chi connectivity index (χ3v) is 8.16. The molecule has 4 aromatic rings. The fraction of sp³-hybridized carbons (Fsp3) is 0.320. The molecule has 4 rings (SSSR count). The summed E-state index contributed by atoms with van der Waals surface area (Å²) in [6, 6.07) is 12.6. The molecule has 0 atom stereocenters. The highest BCUT2D eigenvalue weighted by atomic mass is 32.2. The third kappa shape index (κ3) is 4.41. The van der Waals surface area contributed by atoms with Gasteiger partial charge in [-0.25, -0.2) is 13.4 Å². The molecule has 0 fully saturated rings. The SMILES string of the molecule is CCN(CC)S(=O)(=O)c1ccc2c(c1)nc(CCC(=O)Nc1ccc(C)c3ncccc13)n2C. The van der Waals surface area contributed by atoms with E-state index in [1.54, 1.807) is 24.4 Å².